The minimum absolute atomic E-state index is 0.0777. The maximum absolute atomic E-state index is 12.8. The van der Waals surface area contributed by atoms with Crippen LogP contribution in [0.15, 0.2) is 48.5 Å². The molecule has 0 spiro atoms. The van der Waals surface area contributed by atoms with Crippen LogP contribution in [0.4, 0.5) is 20.6 Å². The van der Waals surface area contributed by atoms with Gasteiger partial charge < -0.3 is 20.6 Å². The quantitative estimate of drug-likeness (QED) is 0.794. The lowest BCUT2D eigenvalue weighted by Crippen LogP contribution is -2.32. The standard InChI is InChI=1S/C17H20FN3O2/c1-21(2)15-9-3-12(4-10-15)16(22)11-19-17(23)20-14-7-5-13(18)6-8-14/h3-10,16,22H,11H2,1-2H3,(H2,19,20,23). The van der Waals surface area contributed by atoms with Crippen LogP contribution in [0.2, 0.25) is 0 Å². The Morgan fingerprint density at radius 1 is 1.13 bits per heavy atom. The van der Waals surface area contributed by atoms with E-state index in [4.69, 9.17) is 0 Å². The van der Waals surface area contributed by atoms with E-state index in [-0.39, 0.29) is 12.4 Å². The second-order valence-corrected chi connectivity index (χ2v) is 5.34. The summed E-state index contributed by atoms with van der Waals surface area (Å²) in [5.41, 5.74) is 2.23. The summed E-state index contributed by atoms with van der Waals surface area (Å²) < 4.78 is 12.8. The Bertz CT molecular complexity index is 642. The number of halogens is 1. The topological polar surface area (TPSA) is 64.6 Å². The third kappa shape index (κ3) is 4.96. The van der Waals surface area contributed by atoms with Gasteiger partial charge in [-0.05, 0) is 42.0 Å². The fourth-order valence-electron chi connectivity index (χ4n) is 2.01. The van der Waals surface area contributed by atoms with Gasteiger partial charge in [-0.3, -0.25) is 0 Å². The highest BCUT2D eigenvalue weighted by molar-refractivity contribution is 5.89. The minimum Gasteiger partial charge on any atom is -0.387 e. The molecule has 6 heteroatoms. The molecule has 0 aliphatic carbocycles. The zero-order chi connectivity index (χ0) is 16.8. The molecule has 3 N–H and O–H groups in total. The molecule has 0 radical (unpaired) electrons. The molecule has 2 rings (SSSR count). The predicted molar refractivity (Wildman–Crippen MR) is 89.2 cm³/mol. The molecule has 0 aliphatic rings. The number of hydrogen-bond donors (Lipinski definition) is 3. The Hall–Kier alpha value is -2.60. The second kappa shape index (κ2) is 7.60. The number of nitrogens with zero attached hydrogens (tertiary/aromatic N) is 1. The van der Waals surface area contributed by atoms with Gasteiger partial charge in [0.2, 0.25) is 0 Å². The van der Waals surface area contributed by atoms with Crippen LogP contribution >= 0.6 is 0 Å². The second-order valence-electron chi connectivity index (χ2n) is 5.34. The van der Waals surface area contributed by atoms with Crippen LogP contribution in [0.1, 0.15) is 11.7 Å². The Kier molecular flexibility index (Phi) is 5.54. The summed E-state index contributed by atoms with van der Waals surface area (Å²) in [5.74, 6) is -0.368. The third-order valence-electron chi connectivity index (χ3n) is 3.35. The summed E-state index contributed by atoms with van der Waals surface area (Å²) >= 11 is 0. The summed E-state index contributed by atoms with van der Waals surface area (Å²) in [6.07, 6.45) is -0.801. The highest BCUT2D eigenvalue weighted by Gasteiger charge is 2.10. The average Bonchev–Trinajstić information content (AvgIpc) is 2.55. The number of hydrogen-bond acceptors (Lipinski definition) is 3. The number of benzene rings is 2. The maximum Gasteiger partial charge on any atom is 0.319 e. The Balaban J connectivity index is 1.84. The highest BCUT2D eigenvalue weighted by Crippen LogP contribution is 2.17. The minimum atomic E-state index is -0.801. The number of rotatable bonds is 5. The van der Waals surface area contributed by atoms with Gasteiger partial charge in [0.25, 0.3) is 0 Å². The largest absolute Gasteiger partial charge is 0.387 e. The molecular weight excluding hydrogens is 297 g/mol. The maximum atomic E-state index is 12.8. The summed E-state index contributed by atoms with van der Waals surface area (Å²) in [6, 6.07) is 12.4. The van der Waals surface area contributed by atoms with E-state index in [1.165, 1.54) is 24.3 Å². The molecule has 2 aromatic carbocycles. The van der Waals surface area contributed by atoms with E-state index >= 15 is 0 Å². The van der Waals surface area contributed by atoms with E-state index < -0.39 is 12.1 Å². The SMILES string of the molecule is CN(C)c1ccc(C(O)CNC(=O)Nc2ccc(F)cc2)cc1. The number of anilines is 2. The Morgan fingerprint density at radius 3 is 2.30 bits per heavy atom. The van der Waals surface area contributed by atoms with Gasteiger partial charge in [-0.1, -0.05) is 12.1 Å². The van der Waals surface area contributed by atoms with Crippen molar-refractivity contribution in [1.29, 1.82) is 0 Å². The van der Waals surface area contributed by atoms with Crippen LogP contribution < -0.4 is 15.5 Å². The van der Waals surface area contributed by atoms with Crippen LogP contribution in [0, 0.1) is 5.82 Å². The first kappa shape index (κ1) is 16.8. The van der Waals surface area contributed by atoms with Gasteiger partial charge in [-0.25, -0.2) is 9.18 Å². The lowest BCUT2D eigenvalue weighted by molar-refractivity contribution is 0.175. The van der Waals surface area contributed by atoms with Crippen molar-refractivity contribution in [1.82, 2.24) is 5.32 Å². The predicted octanol–water partition coefficient (Wildman–Crippen LogP) is 2.75. The zero-order valence-electron chi connectivity index (χ0n) is 13.1. The summed E-state index contributed by atoms with van der Waals surface area (Å²) in [6.45, 7) is 0.0777. The summed E-state index contributed by atoms with van der Waals surface area (Å²) in [4.78, 5) is 13.7. The van der Waals surface area contributed by atoms with Gasteiger partial charge in [0.05, 0.1) is 6.10 Å². The van der Waals surface area contributed by atoms with Gasteiger partial charge in [0.1, 0.15) is 5.82 Å². The lowest BCUT2D eigenvalue weighted by Gasteiger charge is -2.16. The van der Waals surface area contributed by atoms with Gasteiger partial charge in [-0.15, -0.1) is 0 Å². The van der Waals surface area contributed by atoms with Crippen molar-refractivity contribution in [2.45, 2.75) is 6.10 Å². The van der Waals surface area contributed by atoms with E-state index in [0.29, 0.717) is 5.69 Å². The molecule has 0 saturated carbocycles. The molecule has 2 amide bonds. The molecular formula is C17H20FN3O2. The number of carbonyl (C=O) groups is 1. The first-order valence-corrected chi connectivity index (χ1v) is 7.21. The molecule has 0 bridgehead atoms. The monoisotopic (exact) mass is 317 g/mol. The van der Waals surface area contributed by atoms with E-state index in [9.17, 15) is 14.3 Å². The van der Waals surface area contributed by atoms with E-state index in [2.05, 4.69) is 10.6 Å². The van der Waals surface area contributed by atoms with E-state index in [1.807, 2.05) is 43.3 Å². The fourth-order valence-corrected chi connectivity index (χ4v) is 2.01. The van der Waals surface area contributed by atoms with Gasteiger partial charge >= 0.3 is 6.03 Å². The van der Waals surface area contributed by atoms with Gasteiger partial charge in [0.15, 0.2) is 0 Å². The molecule has 5 nitrogen and oxygen atoms in total. The number of nitrogens with one attached hydrogen (secondary N) is 2. The molecule has 2 aromatic rings. The van der Waals surface area contributed by atoms with Gasteiger partial charge in [0, 0.05) is 32.0 Å². The molecule has 1 unspecified atom stereocenters. The molecule has 122 valence electrons. The molecule has 0 fully saturated rings. The van der Waals surface area contributed by atoms with Crippen molar-refractivity contribution in [3.05, 3.63) is 59.9 Å². The van der Waals surface area contributed by atoms with Crippen molar-refractivity contribution < 1.29 is 14.3 Å². The van der Waals surface area contributed by atoms with Crippen molar-refractivity contribution in [3.63, 3.8) is 0 Å². The number of aliphatic hydroxyl groups excluding tert-OH is 1. The van der Waals surface area contributed by atoms with Crippen molar-refractivity contribution >= 4 is 17.4 Å². The number of carbonyl (C=O) groups excluding carboxylic acids is 1. The smallest absolute Gasteiger partial charge is 0.319 e. The van der Waals surface area contributed by atoms with Gasteiger partial charge in [-0.2, -0.15) is 0 Å². The lowest BCUT2D eigenvalue weighted by atomic mass is 10.1. The van der Waals surface area contributed by atoms with Crippen LogP contribution in [-0.4, -0.2) is 31.8 Å². The van der Waals surface area contributed by atoms with Crippen molar-refractivity contribution in [2.24, 2.45) is 0 Å². The first-order chi connectivity index (χ1) is 11.0. The van der Waals surface area contributed by atoms with E-state index in [1.54, 1.807) is 0 Å². The molecule has 0 aliphatic heterocycles. The summed E-state index contributed by atoms with van der Waals surface area (Å²) in [5, 5.41) is 15.2. The van der Waals surface area contributed by atoms with E-state index in [0.717, 1.165) is 11.3 Å². The summed E-state index contributed by atoms with van der Waals surface area (Å²) in [7, 11) is 3.87. The van der Waals surface area contributed by atoms with Crippen molar-refractivity contribution in [2.75, 3.05) is 30.9 Å². The molecule has 0 heterocycles. The van der Waals surface area contributed by atoms with Crippen LogP contribution in [-0.2, 0) is 0 Å². The Morgan fingerprint density at radius 2 is 1.74 bits per heavy atom. The van der Waals surface area contributed by atoms with Crippen LogP contribution in [0.5, 0.6) is 0 Å². The molecule has 0 aromatic heterocycles. The molecule has 1 atom stereocenters. The molecule has 23 heavy (non-hydrogen) atoms. The fraction of sp³-hybridized carbons (Fsp3) is 0.235. The number of urea groups is 1. The normalized spacial score (nSPS) is 11.7. The first-order valence-electron chi connectivity index (χ1n) is 7.21. The van der Waals surface area contributed by atoms with Crippen LogP contribution in [0.3, 0.4) is 0 Å². The van der Waals surface area contributed by atoms with Crippen LogP contribution in [0.25, 0.3) is 0 Å². The molecule has 0 saturated heterocycles. The average molecular weight is 317 g/mol. The number of aliphatic hydroxyl groups is 1. The third-order valence-corrected chi connectivity index (χ3v) is 3.35. The Labute approximate surface area is 134 Å². The zero-order valence-corrected chi connectivity index (χ0v) is 13.1. The number of amides is 2. The van der Waals surface area contributed by atoms with Crippen molar-refractivity contribution in [3.8, 4) is 0 Å². The highest BCUT2D eigenvalue weighted by atomic mass is 19.1.